The van der Waals surface area contributed by atoms with Gasteiger partial charge in [-0.05, 0) is 36.4 Å². The zero-order valence-electron chi connectivity index (χ0n) is 21.6. The number of nitrogens with one attached hydrogen (secondary N) is 1. The van der Waals surface area contributed by atoms with Gasteiger partial charge in [-0.3, -0.25) is 10.00 Å². The van der Waals surface area contributed by atoms with Crippen LogP contribution in [0.25, 0.3) is 0 Å². The number of aromatic nitrogens is 2. The molecule has 5 rings (SSSR count). The molecule has 8 nitrogen and oxygen atoms in total. The molecule has 0 bridgehead atoms. The first-order chi connectivity index (χ1) is 19.3. The Labute approximate surface area is 235 Å². The van der Waals surface area contributed by atoms with Crippen LogP contribution in [0, 0.1) is 0 Å². The smallest absolute Gasteiger partial charge is 0.475 e. The molecule has 0 aliphatic carbocycles. The average molecular weight is 607 g/mol. The molecule has 0 radical (unpaired) electrons. The summed E-state index contributed by atoms with van der Waals surface area (Å²) in [5, 5.41) is 24.4. The Hall–Kier alpha value is -3.59. The number of hydrogen-bond donors (Lipinski definition) is 3. The number of rotatable bonds is 4. The van der Waals surface area contributed by atoms with E-state index in [1.807, 2.05) is 11.3 Å². The van der Waals surface area contributed by atoms with E-state index in [-0.39, 0.29) is 0 Å². The number of nitrogens with zero attached hydrogens (tertiary/aromatic N) is 3. The van der Waals surface area contributed by atoms with Gasteiger partial charge < -0.3 is 15.1 Å². The molecule has 0 atom stereocenters. The Morgan fingerprint density at radius 2 is 1.51 bits per heavy atom. The number of hydrogen-bond acceptors (Lipinski definition) is 6. The van der Waals surface area contributed by atoms with Gasteiger partial charge in [-0.15, -0.1) is 11.3 Å². The molecule has 2 aliphatic heterocycles. The van der Waals surface area contributed by atoms with Crippen molar-refractivity contribution in [3.8, 4) is 0 Å². The number of aliphatic carboxylic acids is 2. The number of carboxylic acid groups (broad SMARTS) is 2. The lowest BCUT2D eigenvalue weighted by Crippen LogP contribution is -2.46. The van der Waals surface area contributed by atoms with Gasteiger partial charge in [0.1, 0.15) is 0 Å². The highest BCUT2D eigenvalue weighted by molar-refractivity contribution is 7.09. The summed E-state index contributed by atoms with van der Waals surface area (Å²) in [6.07, 6.45) is -5.60. The van der Waals surface area contributed by atoms with E-state index in [1.54, 1.807) is 0 Å². The van der Waals surface area contributed by atoms with Crippen molar-refractivity contribution in [2.24, 2.45) is 0 Å². The second-order valence-corrected chi connectivity index (χ2v) is 10.3. The first-order valence-electron chi connectivity index (χ1n) is 12.5. The van der Waals surface area contributed by atoms with E-state index < -0.39 is 24.3 Å². The summed E-state index contributed by atoms with van der Waals surface area (Å²) >= 11 is 1.83. The van der Waals surface area contributed by atoms with Gasteiger partial charge in [0, 0.05) is 66.9 Å². The van der Waals surface area contributed by atoms with Crippen molar-refractivity contribution in [2.75, 3.05) is 24.5 Å². The van der Waals surface area contributed by atoms with Crippen LogP contribution in [0.3, 0.4) is 0 Å². The van der Waals surface area contributed by atoms with Crippen LogP contribution in [0.4, 0.5) is 32.0 Å². The average Bonchev–Trinajstić information content (AvgIpc) is 3.59. The summed E-state index contributed by atoms with van der Waals surface area (Å²) in [5.41, 5.74) is 5.43. The second kappa shape index (κ2) is 13.9. The fourth-order valence-electron chi connectivity index (χ4n) is 4.54. The fraction of sp³-hybridized carbons (Fsp3) is 0.423. The van der Waals surface area contributed by atoms with Gasteiger partial charge in [-0.1, -0.05) is 24.3 Å². The molecule has 41 heavy (non-hydrogen) atoms. The number of halogens is 6. The van der Waals surface area contributed by atoms with Crippen LogP contribution < -0.4 is 4.90 Å². The minimum Gasteiger partial charge on any atom is -0.475 e. The molecule has 2 aliphatic rings. The molecule has 1 saturated heterocycles. The molecule has 15 heteroatoms. The molecule has 3 aromatic rings. The predicted octanol–water partition coefficient (Wildman–Crippen LogP) is 5.36. The highest BCUT2D eigenvalue weighted by atomic mass is 32.1. The number of para-hydroxylation sites is 1. The number of fused-ring (bicyclic) bond motifs is 1. The standard InChI is InChI=1S/C22H26N4S.2C2HF3O2/c1-2-5-17(6-3-1)25-11-8-18(9-12-25)26-13-10-21-20(16-26)22(24-23-21)15-19-7-4-14-27-19;2*3-2(4,5)1(6)7/h1-7,14,18H,8-13,15-16H2,(H,23,24);2*(H,6,7). The maximum absolute atomic E-state index is 10.6. The second-order valence-electron chi connectivity index (χ2n) is 9.26. The molecule has 0 unspecified atom stereocenters. The number of alkyl halides is 6. The Morgan fingerprint density at radius 3 is 2.02 bits per heavy atom. The lowest BCUT2D eigenvalue weighted by molar-refractivity contribution is -0.193. The number of aromatic amines is 1. The molecular formula is C26H28F6N4O4S. The highest BCUT2D eigenvalue weighted by Gasteiger charge is 2.39. The third-order valence-electron chi connectivity index (χ3n) is 6.56. The maximum Gasteiger partial charge on any atom is 0.490 e. The molecular weight excluding hydrogens is 578 g/mol. The molecule has 0 amide bonds. The van der Waals surface area contributed by atoms with Gasteiger partial charge in [0.2, 0.25) is 0 Å². The maximum atomic E-state index is 10.6. The predicted molar refractivity (Wildman–Crippen MR) is 139 cm³/mol. The summed E-state index contributed by atoms with van der Waals surface area (Å²) in [4.78, 5) is 24.4. The van der Waals surface area contributed by atoms with Gasteiger partial charge in [0.05, 0.1) is 5.69 Å². The largest absolute Gasteiger partial charge is 0.490 e. The summed E-state index contributed by atoms with van der Waals surface area (Å²) in [6.45, 7) is 4.53. The SMILES string of the molecule is O=C(O)C(F)(F)F.O=C(O)C(F)(F)F.c1ccc(N2CCC(N3CCc4[nH]nc(Cc5cccs5)c4C3)CC2)cc1. The van der Waals surface area contributed by atoms with E-state index in [4.69, 9.17) is 19.8 Å². The number of piperidine rings is 1. The van der Waals surface area contributed by atoms with Crippen molar-refractivity contribution in [3.63, 3.8) is 0 Å². The normalized spacial score (nSPS) is 16.1. The van der Waals surface area contributed by atoms with Crippen LogP contribution in [-0.4, -0.2) is 75.3 Å². The number of benzene rings is 1. The van der Waals surface area contributed by atoms with E-state index in [0.717, 1.165) is 39.0 Å². The van der Waals surface area contributed by atoms with E-state index in [9.17, 15) is 26.3 Å². The first-order valence-corrected chi connectivity index (χ1v) is 13.3. The minimum absolute atomic E-state index is 0.697. The van der Waals surface area contributed by atoms with Gasteiger partial charge in [0.25, 0.3) is 0 Å². The quantitative estimate of drug-likeness (QED) is 0.344. The lowest BCUT2D eigenvalue weighted by atomic mass is 9.97. The number of thiophene rings is 1. The first kappa shape index (κ1) is 31.9. The van der Waals surface area contributed by atoms with E-state index in [0.29, 0.717) is 6.04 Å². The number of carbonyl (C=O) groups is 2. The Morgan fingerprint density at radius 1 is 0.927 bits per heavy atom. The Bertz CT molecular complexity index is 1230. The van der Waals surface area contributed by atoms with E-state index in [1.165, 1.54) is 40.4 Å². The summed E-state index contributed by atoms with van der Waals surface area (Å²) < 4.78 is 63.5. The summed E-state index contributed by atoms with van der Waals surface area (Å²) in [5.74, 6) is -5.51. The Balaban J connectivity index is 0.000000276. The van der Waals surface area contributed by atoms with Crippen LogP contribution in [-0.2, 0) is 29.0 Å². The van der Waals surface area contributed by atoms with Gasteiger partial charge in [-0.25, -0.2) is 9.59 Å². The molecule has 1 fully saturated rings. The fourth-order valence-corrected chi connectivity index (χ4v) is 5.25. The zero-order chi connectivity index (χ0) is 30.2. The molecule has 2 aromatic heterocycles. The van der Waals surface area contributed by atoms with Gasteiger partial charge >= 0.3 is 24.3 Å². The van der Waals surface area contributed by atoms with Gasteiger partial charge in [-0.2, -0.15) is 31.4 Å². The molecule has 224 valence electrons. The van der Waals surface area contributed by atoms with E-state index in [2.05, 4.69) is 67.8 Å². The Kier molecular flexibility index (Phi) is 10.8. The van der Waals surface area contributed by atoms with Gasteiger partial charge in [0.15, 0.2) is 0 Å². The molecule has 3 N–H and O–H groups in total. The molecule has 0 spiro atoms. The van der Waals surface area contributed by atoms with Crippen LogP contribution in [0.5, 0.6) is 0 Å². The van der Waals surface area contributed by atoms with Crippen LogP contribution >= 0.6 is 11.3 Å². The van der Waals surface area contributed by atoms with Crippen LogP contribution in [0.2, 0.25) is 0 Å². The summed E-state index contributed by atoms with van der Waals surface area (Å²) in [7, 11) is 0. The highest BCUT2D eigenvalue weighted by Crippen LogP contribution is 2.29. The van der Waals surface area contributed by atoms with Crippen molar-refractivity contribution in [2.45, 2.75) is 50.6 Å². The molecule has 0 saturated carbocycles. The minimum atomic E-state index is -5.08. The molecule has 4 heterocycles. The summed E-state index contributed by atoms with van der Waals surface area (Å²) in [6, 6.07) is 15.9. The van der Waals surface area contributed by atoms with E-state index >= 15 is 0 Å². The third-order valence-corrected chi connectivity index (χ3v) is 7.43. The number of carboxylic acids is 2. The number of H-pyrrole nitrogens is 1. The third kappa shape index (κ3) is 9.49. The van der Waals surface area contributed by atoms with Crippen LogP contribution in [0.15, 0.2) is 47.8 Å². The van der Waals surface area contributed by atoms with Crippen molar-refractivity contribution < 1.29 is 46.1 Å². The van der Waals surface area contributed by atoms with Crippen molar-refractivity contribution >= 4 is 29.0 Å². The number of anilines is 1. The zero-order valence-corrected chi connectivity index (χ0v) is 22.4. The molecule has 1 aromatic carbocycles. The lowest BCUT2D eigenvalue weighted by Gasteiger charge is -2.41. The van der Waals surface area contributed by atoms with Crippen molar-refractivity contribution in [1.29, 1.82) is 0 Å². The topological polar surface area (TPSA) is 110 Å². The monoisotopic (exact) mass is 606 g/mol. The van der Waals surface area contributed by atoms with Crippen molar-refractivity contribution in [3.05, 3.63) is 69.7 Å². The van der Waals surface area contributed by atoms with Crippen LogP contribution in [0.1, 0.15) is 34.7 Å². The van der Waals surface area contributed by atoms with Crippen molar-refractivity contribution in [1.82, 2.24) is 15.1 Å².